The molecule has 7 heteroatoms. The van der Waals surface area contributed by atoms with Gasteiger partial charge in [0.1, 0.15) is 5.75 Å². The van der Waals surface area contributed by atoms with Gasteiger partial charge in [-0.2, -0.15) is 0 Å². The SMILES string of the molecule is CN=C(NCCCc1ccc(OC)c(OC)c1)N1CCN(c2cccc(OC)c2)CC1. The molecule has 0 bridgehead atoms. The highest BCUT2D eigenvalue weighted by molar-refractivity contribution is 5.80. The van der Waals surface area contributed by atoms with Crippen LogP contribution in [0.25, 0.3) is 0 Å². The molecular weight excluding hydrogens is 392 g/mol. The van der Waals surface area contributed by atoms with E-state index in [-0.39, 0.29) is 0 Å². The summed E-state index contributed by atoms with van der Waals surface area (Å²) in [5, 5.41) is 3.51. The van der Waals surface area contributed by atoms with Crippen LogP contribution in [0.15, 0.2) is 47.5 Å². The van der Waals surface area contributed by atoms with Gasteiger partial charge in [0.05, 0.1) is 21.3 Å². The maximum absolute atomic E-state index is 5.39. The smallest absolute Gasteiger partial charge is 0.193 e. The van der Waals surface area contributed by atoms with Crippen LogP contribution >= 0.6 is 0 Å². The van der Waals surface area contributed by atoms with Crippen LogP contribution in [0.3, 0.4) is 0 Å². The number of rotatable bonds is 8. The Morgan fingerprint density at radius 1 is 0.935 bits per heavy atom. The second-order valence-electron chi connectivity index (χ2n) is 7.44. The van der Waals surface area contributed by atoms with Gasteiger partial charge in [0, 0.05) is 51.5 Å². The van der Waals surface area contributed by atoms with E-state index in [1.54, 1.807) is 21.3 Å². The summed E-state index contributed by atoms with van der Waals surface area (Å²) in [4.78, 5) is 9.21. The van der Waals surface area contributed by atoms with E-state index in [0.717, 1.165) is 68.8 Å². The number of ether oxygens (including phenoxy) is 3. The quantitative estimate of drug-likeness (QED) is 0.398. The molecule has 2 aromatic rings. The minimum Gasteiger partial charge on any atom is -0.497 e. The van der Waals surface area contributed by atoms with Crippen molar-refractivity contribution in [1.82, 2.24) is 10.2 Å². The Bertz CT molecular complexity index is 864. The van der Waals surface area contributed by atoms with Crippen LogP contribution in [0.5, 0.6) is 17.2 Å². The molecule has 0 atom stereocenters. The lowest BCUT2D eigenvalue weighted by Crippen LogP contribution is -2.52. The highest BCUT2D eigenvalue weighted by Crippen LogP contribution is 2.28. The third-order valence-corrected chi connectivity index (χ3v) is 5.58. The summed E-state index contributed by atoms with van der Waals surface area (Å²) in [6.45, 7) is 4.66. The molecule has 168 valence electrons. The standard InChI is InChI=1S/C24H34N4O3/c1-25-24(26-12-6-7-19-10-11-22(30-3)23(17-19)31-4)28-15-13-27(14-16-28)20-8-5-9-21(18-20)29-2/h5,8-11,17-18H,6-7,12-16H2,1-4H3,(H,25,26). The average molecular weight is 427 g/mol. The molecule has 0 unspecified atom stereocenters. The van der Waals surface area contributed by atoms with E-state index < -0.39 is 0 Å². The van der Waals surface area contributed by atoms with Crippen LogP contribution in [-0.4, -0.2) is 72.0 Å². The first-order valence-corrected chi connectivity index (χ1v) is 10.7. The highest BCUT2D eigenvalue weighted by atomic mass is 16.5. The van der Waals surface area contributed by atoms with Crippen LogP contribution in [0.2, 0.25) is 0 Å². The maximum atomic E-state index is 5.39. The molecule has 1 heterocycles. The van der Waals surface area contributed by atoms with Crippen LogP contribution in [0.1, 0.15) is 12.0 Å². The molecular formula is C24H34N4O3. The zero-order valence-corrected chi connectivity index (χ0v) is 19.1. The summed E-state index contributed by atoms with van der Waals surface area (Å²) >= 11 is 0. The highest BCUT2D eigenvalue weighted by Gasteiger charge is 2.20. The molecule has 0 amide bonds. The predicted octanol–water partition coefficient (Wildman–Crippen LogP) is 3.04. The van der Waals surface area contributed by atoms with Gasteiger partial charge in [0.15, 0.2) is 17.5 Å². The van der Waals surface area contributed by atoms with Crippen molar-refractivity contribution in [1.29, 1.82) is 0 Å². The fraction of sp³-hybridized carbons (Fsp3) is 0.458. The fourth-order valence-electron chi connectivity index (χ4n) is 3.84. The number of hydrogen-bond acceptors (Lipinski definition) is 5. The number of piperazine rings is 1. The molecule has 0 aromatic heterocycles. The lowest BCUT2D eigenvalue weighted by molar-refractivity contribution is 0.354. The van der Waals surface area contributed by atoms with Gasteiger partial charge in [-0.1, -0.05) is 12.1 Å². The number of anilines is 1. The Morgan fingerprint density at radius 3 is 2.39 bits per heavy atom. The molecule has 1 aliphatic rings. The van der Waals surface area contributed by atoms with Crippen molar-refractivity contribution >= 4 is 11.6 Å². The molecule has 1 fully saturated rings. The van der Waals surface area contributed by atoms with Crippen LogP contribution in [-0.2, 0) is 6.42 Å². The minimum absolute atomic E-state index is 0.762. The van der Waals surface area contributed by atoms with Crippen molar-refractivity contribution in [3.8, 4) is 17.2 Å². The lowest BCUT2D eigenvalue weighted by Gasteiger charge is -2.37. The Kier molecular flexibility index (Phi) is 8.27. The predicted molar refractivity (Wildman–Crippen MR) is 126 cm³/mol. The third kappa shape index (κ3) is 5.96. The van der Waals surface area contributed by atoms with Crippen molar-refractivity contribution in [3.63, 3.8) is 0 Å². The molecule has 1 saturated heterocycles. The third-order valence-electron chi connectivity index (χ3n) is 5.58. The molecule has 7 nitrogen and oxygen atoms in total. The zero-order valence-electron chi connectivity index (χ0n) is 19.1. The number of hydrogen-bond donors (Lipinski definition) is 1. The number of aryl methyl sites for hydroxylation is 1. The number of nitrogens with one attached hydrogen (secondary N) is 1. The maximum Gasteiger partial charge on any atom is 0.193 e. The van der Waals surface area contributed by atoms with Gasteiger partial charge in [-0.3, -0.25) is 4.99 Å². The van der Waals surface area contributed by atoms with Crippen molar-refractivity contribution < 1.29 is 14.2 Å². The largest absolute Gasteiger partial charge is 0.497 e. The Morgan fingerprint density at radius 2 is 1.71 bits per heavy atom. The summed E-state index contributed by atoms with van der Waals surface area (Å²) in [7, 11) is 6.88. The van der Waals surface area contributed by atoms with Gasteiger partial charge in [-0.05, 0) is 42.7 Å². The van der Waals surface area contributed by atoms with E-state index in [4.69, 9.17) is 14.2 Å². The van der Waals surface area contributed by atoms with E-state index in [1.165, 1.54) is 11.3 Å². The number of methoxy groups -OCH3 is 3. The molecule has 0 spiro atoms. The first-order valence-electron chi connectivity index (χ1n) is 10.7. The van der Waals surface area contributed by atoms with Gasteiger partial charge >= 0.3 is 0 Å². The molecule has 0 saturated carbocycles. The molecule has 0 aliphatic carbocycles. The van der Waals surface area contributed by atoms with Crippen molar-refractivity contribution in [2.24, 2.45) is 4.99 Å². The summed E-state index contributed by atoms with van der Waals surface area (Å²) in [6, 6.07) is 14.4. The zero-order chi connectivity index (χ0) is 22.1. The van der Waals surface area contributed by atoms with Crippen LogP contribution in [0, 0.1) is 0 Å². The molecule has 31 heavy (non-hydrogen) atoms. The second kappa shape index (κ2) is 11.3. The van der Waals surface area contributed by atoms with Crippen LogP contribution in [0.4, 0.5) is 5.69 Å². The van der Waals surface area contributed by atoms with Crippen LogP contribution < -0.4 is 24.4 Å². The van der Waals surface area contributed by atoms with Gasteiger partial charge in [-0.15, -0.1) is 0 Å². The number of guanidine groups is 1. The molecule has 1 N–H and O–H groups in total. The average Bonchev–Trinajstić information content (AvgIpc) is 2.84. The normalized spacial score (nSPS) is 14.4. The van der Waals surface area contributed by atoms with E-state index in [0.29, 0.717) is 0 Å². The number of nitrogens with zero attached hydrogens (tertiary/aromatic N) is 3. The molecule has 1 aliphatic heterocycles. The Labute approximate surface area is 185 Å². The summed E-state index contributed by atoms with van der Waals surface area (Å²) in [6.07, 6.45) is 1.98. The molecule has 2 aromatic carbocycles. The topological polar surface area (TPSA) is 58.6 Å². The van der Waals surface area contributed by atoms with Crippen molar-refractivity contribution in [2.45, 2.75) is 12.8 Å². The van der Waals surface area contributed by atoms with E-state index in [9.17, 15) is 0 Å². The van der Waals surface area contributed by atoms with Gasteiger partial charge < -0.3 is 29.3 Å². The first-order chi connectivity index (χ1) is 15.2. The van der Waals surface area contributed by atoms with Gasteiger partial charge in [-0.25, -0.2) is 0 Å². The Hall–Kier alpha value is -3.09. The fourth-order valence-corrected chi connectivity index (χ4v) is 3.84. The Balaban J connectivity index is 1.45. The van der Waals surface area contributed by atoms with E-state index in [1.807, 2.05) is 31.3 Å². The summed E-state index contributed by atoms with van der Waals surface area (Å²) < 4.78 is 16.1. The molecule has 3 rings (SSSR count). The van der Waals surface area contributed by atoms with Crippen molar-refractivity contribution in [3.05, 3.63) is 48.0 Å². The van der Waals surface area contributed by atoms with E-state index >= 15 is 0 Å². The lowest BCUT2D eigenvalue weighted by atomic mass is 10.1. The first kappa shape index (κ1) is 22.6. The number of aliphatic imine (C=N–C) groups is 1. The number of benzene rings is 2. The minimum atomic E-state index is 0.762. The summed E-state index contributed by atoms with van der Waals surface area (Å²) in [5.41, 5.74) is 2.44. The van der Waals surface area contributed by atoms with Gasteiger partial charge in [0.25, 0.3) is 0 Å². The summed E-state index contributed by atoms with van der Waals surface area (Å²) in [5.74, 6) is 3.40. The monoisotopic (exact) mass is 426 g/mol. The van der Waals surface area contributed by atoms with E-state index in [2.05, 4.69) is 38.3 Å². The van der Waals surface area contributed by atoms with Gasteiger partial charge in [0.2, 0.25) is 0 Å². The second-order valence-corrected chi connectivity index (χ2v) is 7.44. The molecule has 0 radical (unpaired) electrons. The van der Waals surface area contributed by atoms with Crippen molar-refractivity contribution in [2.75, 3.05) is 66.0 Å².